The quantitative estimate of drug-likeness (QED) is 0.716. The fourth-order valence-electron chi connectivity index (χ4n) is 3.43. The Hall–Kier alpha value is -3.33. The third-order valence-corrected chi connectivity index (χ3v) is 4.99. The fraction of sp³-hybridized carbons (Fsp3) is 0.300. The first-order valence-corrected chi connectivity index (χ1v) is 9.23. The second-order valence-electron chi connectivity index (χ2n) is 6.78. The topological polar surface area (TPSA) is 85.2 Å². The lowest BCUT2D eigenvalue weighted by atomic mass is 10.0. The molecule has 0 bridgehead atoms. The van der Waals surface area contributed by atoms with E-state index in [0.29, 0.717) is 37.0 Å². The molecule has 1 aliphatic rings. The number of methoxy groups -OCH3 is 1. The smallest absolute Gasteiger partial charge is 0.255 e. The van der Waals surface area contributed by atoms with E-state index in [2.05, 4.69) is 20.3 Å². The molecule has 9 heteroatoms. The van der Waals surface area contributed by atoms with Gasteiger partial charge in [0.25, 0.3) is 5.56 Å². The second-order valence-corrected chi connectivity index (χ2v) is 6.78. The molecule has 3 aromatic rings. The van der Waals surface area contributed by atoms with Gasteiger partial charge in [-0.1, -0.05) is 6.07 Å². The lowest BCUT2D eigenvalue weighted by Crippen LogP contribution is -2.47. The zero-order chi connectivity index (χ0) is 20.4. The molecule has 0 amide bonds. The van der Waals surface area contributed by atoms with Gasteiger partial charge in [-0.3, -0.25) is 9.36 Å². The van der Waals surface area contributed by atoms with Crippen molar-refractivity contribution in [2.75, 3.05) is 31.6 Å². The van der Waals surface area contributed by atoms with Crippen molar-refractivity contribution in [1.82, 2.24) is 24.8 Å². The van der Waals surface area contributed by atoms with E-state index in [0.717, 1.165) is 5.56 Å². The van der Waals surface area contributed by atoms with E-state index in [1.807, 2.05) is 4.90 Å². The molecule has 1 atom stereocenters. The van der Waals surface area contributed by atoms with Crippen LogP contribution in [-0.4, -0.2) is 46.3 Å². The summed E-state index contributed by atoms with van der Waals surface area (Å²) in [4.78, 5) is 27.4. The molecule has 2 aromatic heterocycles. The van der Waals surface area contributed by atoms with Gasteiger partial charge < -0.3 is 15.0 Å². The summed E-state index contributed by atoms with van der Waals surface area (Å²) in [5.41, 5.74) is 1.84. The van der Waals surface area contributed by atoms with Crippen LogP contribution in [0.4, 0.5) is 10.3 Å². The first-order chi connectivity index (χ1) is 14.1. The monoisotopic (exact) mass is 396 g/mol. The Labute approximate surface area is 167 Å². The predicted molar refractivity (Wildman–Crippen MR) is 106 cm³/mol. The number of piperazine rings is 1. The molecule has 1 saturated heterocycles. The first kappa shape index (κ1) is 19.0. The maximum absolute atomic E-state index is 13.8. The molecule has 1 aliphatic heterocycles. The van der Waals surface area contributed by atoms with Crippen molar-refractivity contribution in [3.8, 4) is 17.1 Å². The van der Waals surface area contributed by atoms with E-state index in [9.17, 15) is 9.18 Å². The predicted octanol–water partition coefficient (Wildman–Crippen LogP) is 1.54. The van der Waals surface area contributed by atoms with Gasteiger partial charge in [0.2, 0.25) is 5.95 Å². The van der Waals surface area contributed by atoms with Crippen LogP contribution in [0, 0.1) is 5.82 Å². The van der Waals surface area contributed by atoms with E-state index in [4.69, 9.17) is 4.74 Å². The van der Waals surface area contributed by atoms with Gasteiger partial charge in [0.1, 0.15) is 6.33 Å². The molecule has 0 saturated carbocycles. The Morgan fingerprint density at radius 1 is 1.24 bits per heavy atom. The summed E-state index contributed by atoms with van der Waals surface area (Å²) in [6, 6.07) is 7.97. The maximum Gasteiger partial charge on any atom is 0.255 e. The van der Waals surface area contributed by atoms with E-state index >= 15 is 0 Å². The largest absolute Gasteiger partial charge is 0.494 e. The molecule has 1 aromatic carbocycles. The lowest BCUT2D eigenvalue weighted by Gasteiger charge is -2.35. The average Bonchev–Trinajstić information content (AvgIpc) is 2.76. The highest BCUT2D eigenvalue weighted by Crippen LogP contribution is 2.26. The first-order valence-electron chi connectivity index (χ1n) is 9.23. The zero-order valence-corrected chi connectivity index (χ0v) is 16.2. The fourth-order valence-corrected chi connectivity index (χ4v) is 3.43. The van der Waals surface area contributed by atoms with Crippen LogP contribution in [0.25, 0.3) is 11.4 Å². The summed E-state index contributed by atoms with van der Waals surface area (Å²) in [6.07, 6.45) is 3.04. The van der Waals surface area contributed by atoms with Crippen molar-refractivity contribution < 1.29 is 9.13 Å². The number of anilines is 1. The molecule has 1 fully saturated rings. The molecule has 4 rings (SSSR count). The summed E-state index contributed by atoms with van der Waals surface area (Å²) in [7, 11) is 3.15. The minimum atomic E-state index is -0.398. The Morgan fingerprint density at radius 2 is 2.10 bits per heavy atom. The van der Waals surface area contributed by atoms with Crippen molar-refractivity contribution in [2.24, 2.45) is 7.05 Å². The van der Waals surface area contributed by atoms with Crippen LogP contribution in [0.1, 0.15) is 11.6 Å². The zero-order valence-electron chi connectivity index (χ0n) is 16.2. The Balaban J connectivity index is 1.66. The normalized spacial score (nSPS) is 16.7. The van der Waals surface area contributed by atoms with Gasteiger partial charge >= 0.3 is 0 Å². The standard InChI is InChI=1S/C20H21FN6O2/c1-26-19(28)10-16(15-5-6-22-12-24-15)25-20(26)27-8-7-23-17(11-27)13-3-4-14(21)18(9-13)29-2/h3-6,9-10,12,17,23H,7-8,11H2,1-2H3. The number of hydrogen-bond acceptors (Lipinski definition) is 7. The molecule has 150 valence electrons. The Kier molecular flexibility index (Phi) is 5.22. The summed E-state index contributed by atoms with van der Waals surface area (Å²) in [5.74, 6) is 0.370. The third-order valence-electron chi connectivity index (χ3n) is 4.99. The molecule has 1 unspecified atom stereocenters. The third kappa shape index (κ3) is 3.81. The van der Waals surface area contributed by atoms with E-state index in [1.165, 1.54) is 30.1 Å². The Bertz CT molecular complexity index is 1070. The number of aromatic nitrogens is 4. The number of hydrogen-bond donors (Lipinski definition) is 1. The van der Waals surface area contributed by atoms with Crippen LogP contribution >= 0.6 is 0 Å². The summed E-state index contributed by atoms with van der Waals surface area (Å²) in [6.45, 7) is 1.95. The van der Waals surface area contributed by atoms with Gasteiger partial charge in [-0.2, -0.15) is 0 Å². The van der Waals surface area contributed by atoms with Crippen LogP contribution in [0.3, 0.4) is 0 Å². The van der Waals surface area contributed by atoms with E-state index in [-0.39, 0.29) is 17.4 Å². The highest BCUT2D eigenvalue weighted by Gasteiger charge is 2.25. The number of ether oxygens (including phenoxy) is 1. The molecule has 0 aliphatic carbocycles. The van der Waals surface area contributed by atoms with Crippen LogP contribution < -0.4 is 20.5 Å². The molecule has 1 N–H and O–H groups in total. The summed E-state index contributed by atoms with van der Waals surface area (Å²) < 4.78 is 20.4. The van der Waals surface area contributed by atoms with E-state index < -0.39 is 5.82 Å². The number of nitrogens with one attached hydrogen (secondary N) is 1. The Morgan fingerprint density at radius 3 is 2.86 bits per heavy atom. The maximum atomic E-state index is 13.8. The van der Waals surface area contributed by atoms with Gasteiger partial charge in [-0.05, 0) is 23.8 Å². The number of rotatable bonds is 4. The van der Waals surface area contributed by atoms with Crippen molar-refractivity contribution in [1.29, 1.82) is 0 Å². The van der Waals surface area contributed by atoms with Crippen LogP contribution in [-0.2, 0) is 7.05 Å². The van der Waals surface area contributed by atoms with Crippen LogP contribution in [0.15, 0.2) is 47.7 Å². The van der Waals surface area contributed by atoms with Gasteiger partial charge in [-0.25, -0.2) is 19.3 Å². The number of benzene rings is 1. The molecular formula is C20H21FN6O2. The van der Waals surface area contributed by atoms with Gasteiger partial charge in [0.15, 0.2) is 11.6 Å². The van der Waals surface area contributed by atoms with Gasteiger partial charge in [0.05, 0.1) is 24.5 Å². The minimum absolute atomic E-state index is 0.0575. The number of nitrogens with zero attached hydrogens (tertiary/aromatic N) is 5. The van der Waals surface area contributed by atoms with Gasteiger partial charge in [0, 0.05) is 38.9 Å². The molecule has 29 heavy (non-hydrogen) atoms. The minimum Gasteiger partial charge on any atom is -0.494 e. The highest BCUT2D eigenvalue weighted by molar-refractivity contribution is 5.55. The van der Waals surface area contributed by atoms with Gasteiger partial charge in [-0.15, -0.1) is 0 Å². The molecule has 8 nitrogen and oxygen atoms in total. The molecule has 0 radical (unpaired) electrons. The van der Waals surface area contributed by atoms with Crippen molar-refractivity contribution in [3.63, 3.8) is 0 Å². The summed E-state index contributed by atoms with van der Waals surface area (Å²) in [5, 5.41) is 3.43. The van der Waals surface area contributed by atoms with Crippen LogP contribution in [0.5, 0.6) is 5.75 Å². The van der Waals surface area contributed by atoms with E-state index in [1.54, 1.807) is 31.4 Å². The highest BCUT2D eigenvalue weighted by atomic mass is 19.1. The average molecular weight is 396 g/mol. The lowest BCUT2D eigenvalue weighted by molar-refractivity contribution is 0.383. The number of halogens is 1. The van der Waals surface area contributed by atoms with Crippen molar-refractivity contribution in [2.45, 2.75) is 6.04 Å². The van der Waals surface area contributed by atoms with Crippen molar-refractivity contribution in [3.05, 3.63) is 64.6 Å². The SMILES string of the molecule is COc1cc(C2CN(c3nc(-c4ccncn4)cc(=O)n3C)CCN2)ccc1F. The summed E-state index contributed by atoms with van der Waals surface area (Å²) >= 11 is 0. The molecule has 3 heterocycles. The molecular weight excluding hydrogens is 375 g/mol. The second kappa shape index (κ2) is 7.96. The molecule has 0 spiro atoms. The van der Waals surface area contributed by atoms with Crippen molar-refractivity contribution >= 4 is 5.95 Å². The van der Waals surface area contributed by atoms with Crippen LogP contribution in [0.2, 0.25) is 0 Å².